The quantitative estimate of drug-likeness (QED) is 0.662. The lowest BCUT2D eigenvalue weighted by Gasteiger charge is -2.01. The summed E-state index contributed by atoms with van der Waals surface area (Å²) < 4.78 is 0. The first kappa shape index (κ1) is 8.54. The highest BCUT2D eigenvalue weighted by Gasteiger charge is 1.99. The van der Waals surface area contributed by atoms with Crippen molar-refractivity contribution in [3.63, 3.8) is 0 Å². The maximum atomic E-state index is 5.86. The van der Waals surface area contributed by atoms with E-state index in [4.69, 9.17) is 11.6 Å². The monoisotopic (exact) mass is 168 g/mol. The molecule has 11 heavy (non-hydrogen) atoms. The van der Waals surface area contributed by atoms with E-state index in [-0.39, 0.29) is 0 Å². The van der Waals surface area contributed by atoms with Crippen molar-refractivity contribution in [1.29, 1.82) is 0 Å². The summed E-state index contributed by atoms with van der Waals surface area (Å²) in [5.74, 6) is 0. The smallest absolute Gasteiger partial charge is 0.0627 e. The van der Waals surface area contributed by atoms with Crippen molar-refractivity contribution < 1.29 is 0 Å². The first-order valence-corrected chi connectivity index (χ1v) is 4.21. The lowest BCUT2D eigenvalue weighted by atomic mass is 10.2. The highest BCUT2D eigenvalue weighted by atomic mass is 35.5. The Hall–Kier alpha value is -0.560. The Labute approximate surface area is 72.4 Å². The minimum absolute atomic E-state index is 0.727. The van der Waals surface area contributed by atoms with Gasteiger partial charge in [-0.15, -0.1) is 0 Å². The Bertz CT molecular complexity index is 245. The molecule has 0 atom stereocenters. The fraction of sp³-hybridized carbons (Fsp3) is 0.444. The molecular formula is C9H11ClN. The highest BCUT2D eigenvalue weighted by molar-refractivity contribution is 6.31. The molecule has 0 aliphatic carbocycles. The minimum Gasteiger partial charge on any atom is -0.256 e. The van der Waals surface area contributed by atoms with Crippen LogP contribution < -0.4 is 0 Å². The summed E-state index contributed by atoms with van der Waals surface area (Å²) in [7, 11) is 0. The van der Waals surface area contributed by atoms with E-state index in [9.17, 15) is 0 Å². The summed E-state index contributed by atoms with van der Waals surface area (Å²) >= 11 is 5.86. The van der Waals surface area contributed by atoms with E-state index in [1.807, 2.05) is 6.92 Å². The molecule has 0 spiro atoms. The van der Waals surface area contributed by atoms with Crippen LogP contribution in [0.25, 0.3) is 0 Å². The van der Waals surface area contributed by atoms with E-state index in [1.165, 1.54) is 0 Å². The highest BCUT2D eigenvalue weighted by Crippen LogP contribution is 2.14. The molecule has 1 radical (unpaired) electrons. The average molecular weight is 169 g/mol. The van der Waals surface area contributed by atoms with Crippen LogP contribution in [0.15, 0.2) is 6.07 Å². The molecule has 0 aromatic carbocycles. The fourth-order valence-corrected chi connectivity index (χ4v) is 1.14. The molecule has 0 bridgehead atoms. The number of pyridine rings is 1. The van der Waals surface area contributed by atoms with E-state index in [1.54, 1.807) is 6.07 Å². The van der Waals surface area contributed by atoms with Crippen molar-refractivity contribution in [2.24, 2.45) is 0 Å². The van der Waals surface area contributed by atoms with Gasteiger partial charge in [-0.3, -0.25) is 4.98 Å². The third-order valence-electron chi connectivity index (χ3n) is 1.58. The summed E-state index contributed by atoms with van der Waals surface area (Å²) in [6.07, 6.45) is 1.81. The number of aryl methyl sites for hydroxylation is 2. The molecule has 0 amide bonds. The van der Waals surface area contributed by atoms with Crippen molar-refractivity contribution in [1.82, 2.24) is 4.98 Å². The van der Waals surface area contributed by atoms with Crippen LogP contribution in [0, 0.1) is 6.07 Å². The molecule has 2 heteroatoms. The largest absolute Gasteiger partial charge is 0.256 e. The molecule has 59 valence electrons. The standard InChI is InChI=1S/C9H11ClN/c1-3-7-5-6-8(10)9(4-2)11-7/h6H,3-4H2,1-2H3. The summed E-state index contributed by atoms with van der Waals surface area (Å²) in [5, 5.41) is 0.727. The molecule has 1 aromatic heterocycles. The number of hydrogen-bond donors (Lipinski definition) is 0. The van der Waals surface area contributed by atoms with Gasteiger partial charge in [0.25, 0.3) is 0 Å². The second kappa shape index (κ2) is 3.72. The summed E-state index contributed by atoms with van der Waals surface area (Å²) in [4.78, 5) is 4.32. The molecule has 0 aliphatic rings. The topological polar surface area (TPSA) is 12.9 Å². The van der Waals surface area contributed by atoms with Crippen molar-refractivity contribution in [3.05, 3.63) is 28.5 Å². The first-order chi connectivity index (χ1) is 5.27. The van der Waals surface area contributed by atoms with E-state index in [2.05, 4.69) is 18.0 Å². The third-order valence-corrected chi connectivity index (χ3v) is 1.91. The maximum Gasteiger partial charge on any atom is 0.0627 e. The van der Waals surface area contributed by atoms with E-state index < -0.39 is 0 Å². The molecule has 0 aliphatic heterocycles. The molecule has 1 nitrogen and oxygen atoms in total. The minimum atomic E-state index is 0.727. The normalized spacial score (nSPS) is 10.1. The number of hydrogen-bond acceptors (Lipinski definition) is 1. The Morgan fingerprint density at radius 2 is 2.18 bits per heavy atom. The molecule has 1 heterocycles. The van der Waals surface area contributed by atoms with Crippen molar-refractivity contribution in [3.8, 4) is 0 Å². The fourth-order valence-electron chi connectivity index (χ4n) is 0.908. The average Bonchev–Trinajstić information content (AvgIpc) is 2.05. The van der Waals surface area contributed by atoms with Gasteiger partial charge in [-0.1, -0.05) is 25.4 Å². The van der Waals surface area contributed by atoms with Crippen LogP contribution in [-0.2, 0) is 12.8 Å². The zero-order valence-electron chi connectivity index (χ0n) is 6.82. The molecule has 0 saturated carbocycles. The number of aromatic nitrogens is 1. The van der Waals surface area contributed by atoms with E-state index in [0.29, 0.717) is 0 Å². The first-order valence-electron chi connectivity index (χ1n) is 3.83. The molecule has 0 N–H and O–H groups in total. The summed E-state index contributed by atoms with van der Waals surface area (Å²) in [6, 6.07) is 4.82. The predicted molar refractivity (Wildman–Crippen MR) is 46.8 cm³/mol. The predicted octanol–water partition coefficient (Wildman–Crippen LogP) is 2.66. The Balaban J connectivity index is 3.02. The van der Waals surface area contributed by atoms with Gasteiger partial charge in [0.05, 0.1) is 10.7 Å². The molecule has 0 unspecified atom stereocenters. The lowest BCUT2D eigenvalue weighted by molar-refractivity contribution is 0.952. The van der Waals surface area contributed by atoms with Crippen molar-refractivity contribution >= 4 is 11.6 Å². The van der Waals surface area contributed by atoms with Gasteiger partial charge in [-0.2, -0.15) is 0 Å². The van der Waals surface area contributed by atoms with Gasteiger partial charge >= 0.3 is 0 Å². The van der Waals surface area contributed by atoms with Gasteiger partial charge in [0.1, 0.15) is 0 Å². The Kier molecular flexibility index (Phi) is 2.89. The molecule has 1 rings (SSSR count). The van der Waals surface area contributed by atoms with Crippen LogP contribution in [0.1, 0.15) is 25.2 Å². The van der Waals surface area contributed by atoms with E-state index in [0.717, 1.165) is 29.3 Å². The van der Waals surface area contributed by atoms with Crippen LogP contribution >= 0.6 is 11.6 Å². The van der Waals surface area contributed by atoms with Crippen LogP contribution in [0.4, 0.5) is 0 Å². The molecule has 0 saturated heterocycles. The van der Waals surface area contributed by atoms with Crippen molar-refractivity contribution in [2.45, 2.75) is 26.7 Å². The van der Waals surface area contributed by atoms with Gasteiger partial charge in [0, 0.05) is 11.8 Å². The second-order valence-corrected chi connectivity index (χ2v) is 2.76. The van der Waals surface area contributed by atoms with E-state index >= 15 is 0 Å². The summed E-state index contributed by atoms with van der Waals surface area (Å²) in [6.45, 7) is 4.11. The van der Waals surface area contributed by atoms with Gasteiger partial charge in [0.2, 0.25) is 0 Å². The van der Waals surface area contributed by atoms with Crippen LogP contribution in [0.5, 0.6) is 0 Å². The van der Waals surface area contributed by atoms with Gasteiger partial charge in [-0.05, 0) is 18.9 Å². The maximum absolute atomic E-state index is 5.86. The van der Waals surface area contributed by atoms with Gasteiger partial charge < -0.3 is 0 Å². The number of nitrogens with zero attached hydrogens (tertiary/aromatic N) is 1. The Morgan fingerprint density at radius 1 is 1.45 bits per heavy atom. The lowest BCUT2D eigenvalue weighted by Crippen LogP contribution is -1.93. The van der Waals surface area contributed by atoms with Crippen LogP contribution in [0.2, 0.25) is 5.02 Å². The molecule has 1 aromatic rings. The van der Waals surface area contributed by atoms with Crippen LogP contribution in [-0.4, -0.2) is 4.98 Å². The van der Waals surface area contributed by atoms with Gasteiger partial charge in [0.15, 0.2) is 0 Å². The SMILES string of the molecule is CCc1[c]cc(Cl)c(CC)n1. The van der Waals surface area contributed by atoms with Crippen LogP contribution in [0.3, 0.4) is 0 Å². The molecular weight excluding hydrogens is 158 g/mol. The number of halogens is 1. The zero-order valence-corrected chi connectivity index (χ0v) is 7.57. The van der Waals surface area contributed by atoms with Crippen molar-refractivity contribution in [2.75, 3.05) is 0 Å². The Morgan fingerprint density at radius 3 is 2.73 bits per heavy atom. The second-order valence-electron chi connectivity index (χ2n) is 2.35. The zero-order chi connectivity index (χ0) is 8.27. The third kappa shape index (κ3) is 1.93. The summed E-state index contributed by atoms with van der Waals surface area (Å²) in [5.41, 5.74) is 1.97. The van der Waals surface area contributed by atoms with Gasteiger partial charge in [-0.25, -0.2) is 0 Å². The molecule has 0 fully saturated rings. The number of rotatable bonds is 2.